The van der Waals surface area contributed by atoms with Crippen LogP contribution in [0.2, 0.25) is 0 Å². The van der Waals surface area contributed by atoms with Crippen molar-refractivity contribution in [1.82, 2.24) is 10.3 Å². The second kappa shape index (κ2) is 6.51. The van der Waals surface area contributed by atoms with Gasteiger partial charge >= 0.3 is 6.09 Å². The fraction of sp³-hybridized carbons (Fsp3) is 0.500. The van der Waals surface area contributed by atoms with Gasteiger partial charge in [-0.05, 0) is 25.1 Å². The average Bonchev–Trinajstić information content (AvgIpc) is 2.60. The van der Waals surface area contributed by atoms with Gasteiger partial charge in [-0.15, -0.1) is 11.3 Å². The molecular weight excluding hydrogens is 258 g/mol. The predicted molar refractivity (Wildman–Crippen MR) is 72.4 cm³/mol. The zero-order chi connectivity index (χ0) is 12.8. The number of carbonyl (C=O) groups excluding carboxylic acids is 1. The maximum atomic E-state index is 11.3. The fourth-order valence-corrected chi connectivity index (χ4v) is 1.87. The minimum Gasteiger partial charge on any atom is -0.449 e. The minimum absolute atomic E-state index is 0.211. The Morgan fingerprint density at radius 1 is 1.65 bits per heavy atom. The lowest BCUT2D eigenvalue weighted by Crippen LogP contribution is -2.34. The standard InChI is InChI=1S/C10H15N3O2S2/c1-6(2)5-15-10(14)13-9(16)12-8-4-11-7(3)17-8/h4,6H,5H2,1-3H3,(H2,12,13,14,16). The molecule has 0 aliphatic rings. The lowest BCUT2D eigenvalue weighted by Gasteiger charge is -2.09. The molecule has 5 nitrogen and oxygen atoms in total. The van der Waals surface area contributed by atoms with Crippen LogP contribution in [0.1, 0.15) is 18.9 Å². The Bertz CT molecular complexity index is 404. The molecule has 0 atom stereocenters. The van der Waals surface area contributed by atoms with Crippen LogP contribution in [0, 0.1) is 12.8 Å². The molecule has 1 amide bonds. The summed E-state index contributed by atoms with van der Waals surface area (Å²) in [5, 5.41) is 7.22. The summed E-state index contributed by atoms with van der Waals surface area (Å²) < 4.78 is 4.93. The van der Waals surface area contributed by atoms with E-state index in [1.54, 1.807) is 6.20 Å². The number of thiocarbonyl (C=S) groups is 1. The lowest BCUT2D eigenvalue weighted by atomic mass is 10.2. The van der Waals surface area contributed by atoms with Gasteiger partial charge in [0.25, 0.3) is 0 Å². The first-order chi connectivity index (χ1) is 7.97. The number of ether oxygens (including phenoxy) is 1. The van der Waals surface area contributed by atoms with Crippen molar-refractivity contribution in [2.24, 2.45) is 5.92 Å². The van der Waals surface area contributed by atoms with E-state index >= 15 is 0 Å². The predicted octanol–water partition coefficient (Wildman–Crippen LogP) is 2.53. The van der Waals surface area contributed by atoms with E-state index in [0.717, 1.165) is 10.0 Å². The van der Waals surface area contributed by atoms with Gasteiger partial charge in [-0.2, -0.15) is 0 Å². The van der Waals surface area contributed by atoms with Crippen molar-refractivity contribution in [3.8, 4) is 0 Å². The van der Waals surface area contributed by atoms with E-state index in [1.165, 1.54) is 11.3 Å². The number of alkyl carbamates (subject to hydrolysis) is 1. The summed E-state index contributed by atoms with van der Waals surface area (Å²) in [7, 11) is 0. The van der Waals surface area contributed by atoms with Crippen molar-refractivity contribution in [2.45, 2.75) is 20.8 Å². The van der Waals surface area contributed by atoms with Gasteiger partial charge in [0.2, 0.25) is 0 Å². The first-order valence-corrected chi connectivity index (χ1v) is 6.37. The topological polar surface area (TPSA) is 63.2 Å². The molecule has 0 saturated heterocycles. The number of rotatable bonds is 3. The molecule has 17 heavy (non-hydrogen) atoms. The second-order valence-corrected chi connectivity index (χ2v) is 5.46. The van der Waals surface area contributed by atoms with Crippen LogP contribution in [0.25, 0.3) is 0 Å². The zero-order valence-corrected chi connectivity index (χ0v) is 11.6. The van der Waals surface area contributed by atoms with Gasteiger partial charge in [-0.3, -0.25) is 5.32 Å². The number of carbonyl (C=O) groups is 1. The number of aromatic nitrogens is 1. The highest BCUT2D eigenvalue weighted by Crippen LogP contribution is 2.16. The number of nitrogens with one attached hydrogen (secondary N) is 2. The average molecular weight is 273 g/mol. The van der Waals surface area contributed by atoms with Crippen molar-refractivity contribution in [1.29, 1.82) is 0 Å². The van der Waals surface area contributed by atoms with Crippen LogP contribution in [0.3, 0.4) is 0 Å². The van der Waals surface area contributed by atoms with Crippen LogP contribution in [0.15, 0.2) is 6.20 Å². The molecule has 94 valence electrons. The van der Waals surface area contributed by atoms with Gasteiger partial charge < -0.3 is 10.1 Å². The highest BCUT2D eigenvalue weighted by Gasteiger charge is 2.07. The van der Waals surface area contributed by atoms with Gasteiger partial charge in [0.1, 0.15) is 5.00 Å². The molecule has 0 aliphatic carbocycles. The van der Waals surface area contributed by atoms with Crippen LogP contribution in [0.4, 0.5) is 9.80 Å². The molecule has 0 saturated carbocycles. The quantitative estimate of drug-likeness (QED) is 0.829. The number of thiazole rings is 1. The Balaban J connectivity index is 2.32. The van der Waals surface area contributed by atoms with Crippen LogP contribution in [-0.4, -0.2) is 22.8 Å². The molecule has 0 bridgehead atoms. The first-order valence-electron chi connectivity index (χ1n) is 5.14. The third-order valence-corrected chi connectivity index (χ3v) is 2.65. The highest BCUT2D eigenvalue weighted by atomic mass is 32.1. The summed E-state index contributed by atoms with van der Waals surface area (Å²) in [4.78, 5) is 15.3. The smallest absolute Gasteiger partial charge is 0.413 e. The van der Waals surface area contributed by atoms with Gasteiger partial charge in [-0.1, -0.05) is 13.8 Å². The molecule has 0 unspecified atom stereocenters. The van der Waals surface area contributed by atoms with Crippen molar-refractivity contribution in [2.75, 3.05) is 11.9 Å². The van der Waals surface area contributed by atoms with Crippen molar-refractivity contribution in [3.05, 3.63) is 11.2 Å². The third-order valence-electron chi connectivity index (χ3n) is 1.62. The molecule has 1 aromatic rings. The summed E-state index contributed by atoms with van der Waals surface area (Å²) in [6, 6.07) is 0. The molecular formula is C10H15N3O2S2. The summed E-state index contributed by atoms with van der Waals surface area (Å²) in [6.45, 7) is 6.19. The highest BCUT2D eigenvalue weighted by molar-refractivity contribution is 7.80. The van der Waals surface area contributed by atoms with Crippen molar-refractivity contribution >= 4 is 39.8 Å². The molecule has 0 aliphatic heterocycles. The Hall–Kier alpha value is -1.21. The monoisotopic (exact) mass is 273 g/mol. The molecule has 1 heterocycles. The van der Waals surface area contributed by atoms with E-state index in [-0.39, 0.29) is 5.11 Å². The van der Waals surface area contributed by atoms with Crippen LogP contribution < -0.4 is 10.6 Å². The van der Waals surface area contributed by atoms with Crippen LogP contribution >= 0.6 is 23.6 Å². The lowest BCUT2D eigenvalue weighted by molar-refractivity contribution is 0.138. The molecule has 0 radical (unpaired) electrons. The Morgan fingerprint density at radius 3 is 2.88 bits per heavy atom. The maximum Gasteiger partial charge on any atom is 0.413 e. The summed E-state index contributed by atoms with van der Waals surface area (Å²) in [6.07, 6.45) is 1.12. The molecule has 0 fully saturated rings. The van der Waals surface area contributed by atoms with E-state index in [1.807, 2.05) is 20.8 Å². The van der Waals surface area contributed by atoms with Crippen LogP contribution in [-0.2, 0) is 4.74 Å². The number of hydrogen-bond donors (Lipinski definition) is 2. The number of amides is 1. The van der Waals surface area contributed by atoms with Gasteiger partial charge in [0, 0.05) is 0 Å². The van der Waals surface area contributed by atoms with E-state index in [0.29, 0.717) is 12.5 Å². The largest absolute Gasteiger partial charge is 0.449 e. The molecule has 2 N–H and O–H groups in total. The normalized spacial score (nSPS) is 10.1. The van der Waals surface area contributed by atoms with Gasteiger partial charge in [-0.25, -0.2) is 9.78 Å². The first kappa shape index (κ1) is 13.9. The Kier molecular flexibility index (Phi) is 5.30. The summed E-state index contributed by atoms with van der Waals surface area (Å²) >= 11 is 6.42. The maximum absolute atomic E-state index is 11.3. The molecule has 0 aromatic carbocycles. The zero-order valence-electron chi connectivity index (χ0n) is 9.94. The number of nitrogens with zero attached hydrogens (tertiary/aromatic N) is 1. The molecule has 1 aromatic heterocycles. The van der Waals surface area contributed by atoms with Crippen molar-refractivity contribution in [3.63, 3.8) is 0 Å². The summed E-state index contributed by atoms with van der Waals surface area (Å²) in [5.41, 5.74) is 0. The third kappa shape index (κ3) is 5.60. The second-order valence-electron chi connectivity index (χ2n) is 3.81. The fourth-order valence-electron chi connectivity index (χ4n) is 0.933. The Labute approximate surface area is 110 Å². The summed E-state index contributed by atoms with van der Waals surface area (Å²) in [5.74, 6) is 0.298. The molecule has 1 rings (SSSR count). The van der Waals surface area contributed by atoms with E-state index in [9.17, 15) is 4.79 Å². The number of aryl methyl sites for hydroxylation is 1. The van der Waals surface area contributed by atoms with Crippen LogP contribution in [0.5, 0.6) is 0 Å². The number of hydrogen-bond acceptors (Lipinski definition) is 5. The van der Waals surface area contributed by atoms with E-state index in [2.05, 4.69) is 15.6 Å². The molecule has 0 spiro atoms. The minimum atomic E-state index is -0.544. The van der Waals surface area contributed by atoms with Gasteiger partial charge in [0.15, 0.2) is 5.11 Å². The Morgan fingerprint density at radius 2 is 2.35 bits per heavy atom. The number of anilines is 1. The van der Waals surface area contributed by atoms with E-state index < -0.39 is 6.09 Å². The van der Waals surface area contributed by atoms with Crippen molar-refractivity contribution < 1.29 is 9.53 Å². The SMILES string of the molecule is Cc1ncc(NC(=S)NC(=O)OCC(C)C)s1. The van der Waals surface area contributed by atoms with Gasteiger partial charge in [0.05, 0.1) is 17.8 Å². The van der Waals surface area contributed by atoms with E-state index in [4.69, 9.17) is 17.0 Å². The molecule has 7 heteroatoms.